The highest BCUT2D eigenvalue weighted by Crippen LogP contribution is 2.23. The molecule has 4 N–H and O–H groups in total. The van der Waals surface area contributed by atoms with Gasteiger partial charge in [0.15, 0.2) is 12.4 Å². The Hall–Kier alpha value is -1.56. The highest BCUT2D eigenvalue weighted by Gasteiger charge is 2.44. The number of ether oxygens (including phenoxy) is 4. The summed E-state index contributed by atoms with van der Waals surface area (Å²) >= 11 is 0. The first kappa shape index (κ1) is 56.5. The molecule has 0 aromatic rings. The molecular weight excluding hydrogens is 761 g/mol. The van der Waals surface area contributed by atoms with E-state index in [2.05, 4.69) is 19.9 Å². The van der Waals surface area contributed by atoms with Crippen molar-refractivity contribution in [2.45, 2.75) is 275 Å². The second-order valence-corrected chi connectivity index (χ2v) is 17.6. The second-order valence-electron chi connectivity index (χ2n) is 17.6. The van der Waals surface area contributed by atoms with Crippen LogP contribution in [0.5, 0.6) is 0 Å². The number of hydrogen-bond donors (Lipinski definition) is 4. The van der Waals surface area contributed by atoms with Crippen LogP contribution in [0.2, 0.25) is 0 Å². The van der Waals surface area contributed by atoms with E-state index in [0.29, 0.717) is 12.8 Å². The van der Waals surface area contributed by atoms with Crippen molar-refractivity contribution in [1.29, 1.82) is 0 Å². The number of carbonyl (C=O) groups excluding carboxylic acids is 2. The number of allylic oxidation sites excluding steroid dienone is 2. The van der Waals surface area contributed by atoms with Crippen LogP contribution >= 0.6 is 0 Å². The third-order valence-electron chi connectivity index (χ3n) is 11.9. The number of rotatable bonds is 43. The molecule has 0 bridgehead atoms. The van der Waals surface area contributed by atoms with Crippen molar-refractivity contribution in [1.82, 2.24) is 0 Å². The van der Waals surface area contributed by atoms with E-state index in [1.165, 1.54) is 167 Å². The minimum atomic E-state index is -1.60. The van der Waals surface area contributed by atoms with Gasteiger partial charge in [0.2, 0.25) is 0 Å². The van der Waals surface area contributed by atoms with E-state index in [4.69, 9.17) is 18.9 Å². The highest BCUT2D eigenvalue weighted by molar-refractivity contribution is 5.70. The van der Waals surface area contributed by atoms with Crippen LogP contribution in [0, 0.1) is 0 Å². The minimum Gasteiger partial charge on any atom is -0.462 e. The highest BCUT2D eigenvalue weighted by atomic mass is 16.7. The maximum absolute atomic E-state index is 12.8. The molecule has 60 heavy (non-hydrogen) atoms. The summed E-state index contributed by atoms with van der Waals surface area (Å²) in [5.74, 6) is -0.849. The Morgan fingerprint density at radius 2 is 0.917 bits per heavy atom. The molecule has 0 aromatic heterocycles. The summed E-state index contributed by atoms with van der Waals surface area (Å²) in [5, 5.41) is 40.1. The van der Waals surface area contributed by atoms with Crippen molar-refractivity contribution in [3.63, 3.8) is 0 Å². The predicted octanol–water partition coefficient (Wildman–Crippen LogP) is 11.5. The molecule has 1 fully saturated rings. The number of aliphatic hydroxyl groups excluding tert-OH is 4. The molecule has 6 atom stereocenters. The molecule has 0 aromatic carbocycles. The van der Waals surface area contributed by atoms with Crippen LogP contribution in [0.1, 0.15) is 239 Å². The topological polar surface area (TPSA) is 152 Å². The minimum absolute atomic E-state index is 0.197. The number of carbonyl (C=O) groups is 2. The summed E-state index contributed by atoms with van der Waals surface area (Å²) in [7, 11) is 0. The first-order chi connectivity index (χ1) is 29.3. The van der Waals surface area contributed by atoms with E-state index >= 15 is 0 Å². The molecule has 10 nitrogen and oxygen atoms in total. The summed E-state index contributed by atoms with van der Waals surface area (Å²) in [4.78, 5) is 25.4. The lowest BCUT2D eigenvalue weighted by Gasteiger charge is -2.39. The van der Waals surface area contributed by atoms with Crippen molar-refractivity contribution in [3.8, 4) is 0 Å². The molecule has 1 rings (SSSR count). The molecule has 0 saturated carbocycles. The zero-order valence-corrected chi connectivity index (χ0v) is 38.7. The average molecular weight is 855 g/mol. The van der Waals surface area contributed by atoms with Gasteiger partial charge in [-0.15, -0.1) is 0 Å². The molecule has 1 heterocycles. The van der Waals surface area contributed by atoms with Crippen LogP contribution in [-0.2, 0) is 28.5 Å². The van der Waals surface area contributed by atoms with Gasteiger partial charge in [0, 0.05) is 12.8 Å². The summed E-state index contributed by atoms with van der Waals surface area (Å²) in [6, 6.07) is 0. The van der Waals surface area contributed by atoms with E-state index in [0.717, 1.165) is 32.1 Å². The average Bonchev–Trinajstić information content (AvgIpc) is 3.25. The Morgan fingerprint density at radius 3 is 1.37 bits per heavy atom. The van der Waals surface area contributed by atoms with Gasteiger partial charge in [-0.25, -0.2) is 0 Å². The Kier molecular flexibility index (Phi) is 39.0. The van der Waals surface area contributed by atoms with Crippen LogP contribution in [0.4, 0.5) is 0 Å². The number of unbranched alkanes of at least 4 members (excludes halogenated alkanes) is 30. The van der Waals surface area contributed by atoms with Crippen molar-refractivity contribution >= 4 is 11.9 Å². The third-order valence-corrected chi connectivity index (χ3v) is 11.9. The quantitative estimate of drug-likeness (QED) is 0.0265. The number of hydrogen-bond acceptors (Lipinski definition) is 10. The van der Waals surface area contributed by atoms with E-state index in [9.17, 15) is 30.0 Å². The Bertz CT molecular complexity index is 990. The zero-order valence-electron chi connectivity index (χ0n) is 38.7. The molecule has 0 aliphatic carbocycles. The van der Waals surface area contributed by atoms with E-state index < -0.39 is 55.4 Å². The molecule has 0 spiro atoms. The fourth-order valence-corrected chi connectivity index (χ4v) is 7.91. The lowest BCUT2D eigenvalue weighted by atomic mass is 9.99. The van der Waals surface area contributed by atoms with Crippen LogP contribution < -0.4 is 0 Å². The smallest absolute Gasteiger partial charge is 0.306 e. The van der Waals surface area contributed by atoms with E-state index in [1.54, 1.807) is 0 Å². The largest absolute Gasteiger partial charge is 0.462 e. The molecule has 1 aliphatic heterocycles. The van der Waals surface area contributed by atoms with Crippen LogP contribution in [0.25, 0.3) is 0 Å². The maximum atomic E-state index is 12.8. The van der Waals surface area contributed by atoms with Crippen molar-refractivity contribution < 1.29 is 49.0 Å². The van der Waals surface area contributed by atoms with Gasteiger partial charge in [-0.1, -0.05) is 212 Å². The SMILES string of the molecule is CCCCCCCCCCCCC/C=C/CCC(=O)OC[C@H](CO[C@@H]1O[C@H](CO)[C@H](O)C(O)C1O)OC(=O)CCCCCCCCCCCCCCCCCCCCCC. The Labute approximate surface area is 367 Å². The molecule has 0 radical (unpaired) electrons. The van der Waals surface area contributed by atoms with Gasteiger partial charge < -0.3 is 39.4 Å². The molecule has 1 aliphatic rings. The summed E-state index contributed by atoms with van der Waals surface area (Å²) in [5.41, 5.74) is 0. The van der Waals surface area contributed by atoms with E-state index in [-0.39, 0.29) is 26.1 Å². The zero-order chi connectivity index (χ0) is 43.7. The normalized spacial score (nSPS) is 19.9. The lowest BCUT2D eigenvalue weighted by molar-refractivity contribution is -0.305. The lowest BCUT2D eigenvalue weighted by Crippen LogP contribution is -2.59. The molecule has 1 saturated heterocycles. The van der Waals surface area contributed by atoms with Gasteiger partial charge in [-0.2, -0.15) is 0 Å². The predicted molar refractivity (Wildman–Crippen MR) is 243 cm³/mol. The first-order valence-electron chi connectivity index (χ1n) is 25.3. The second kappa shape index (κ2) is 41.5. The summed E-state index contributed by atoms with van der Waals surface area (Å²) in [6.45, 7) is 3.43. The first-order valence-corrected chi connectivity index (χ1v) is 25.3. The maximum Gasteiger partial charge on any atom is 0.306 e. The van der Waals surface area contributed by atoms with Crippen LogP contribution in [0.3, 0.4) is 0 Å². The van der Waals surface area contributed by atoms with Crippen molar-refractivity contribution in [2.75, 3.05) is 19.8 Å². The number of aliphatic hydroxyl groups is 4. The third kappa shape index (κ3) is 32.2. The van der Waals surface area contributed by atoms with Crippen LogP contribution in [-0.4, -0.2) is 89.0 Å². The molecule has 354 valence electrons. The van der Waals surface area contributed by atoms with Gasteiger partial charge in [0.25, 0.3) is 0 Å². The van der Waals surface area contributed by atoms with Crippen LogP contribution in [0.15, 0.2) is 12.2 Å². The van der Waals surface area contributed by atoms with Crippen molar-refractivity contribution in [3.05, 3.63) is 12.2 Å². The monoisotopic (exact) mass is 855 g/mol. The molecular formula is C50H94O10. The number of esters is 2. The van der Waals surface area contributed by atoms with Crippen molar-refractivity contribution in [2.24, 2.45) is 0 Å². The fraction of sp³-hybridized carbons (Fsp3) is 0.920. The summed E-state index contributed by atoms with van der Waals surface area (Å²) < 4.78 is 22.2. The standard InChI is InChI=1S/C50H94O10/c1-3-5-7-9-11-13-15-17-19-20-21-22-23-25-27-29-31-33-35-37-39-46(53)59-43(42-58-50-49(56)48(55)47(54)44(40-51)60-50)41-57-45(52)38-36-34-32-30-28-26-24-18-16-14-12-10-8-6-4-2/h32,34,43-44,47-51,54-56H,3-31,33,35-42H2,1-2H3/b34-32+/t43-,44-,47+,48?,49?,50-/m1/s1. The Morgan fingerprint density at radius 1 is 0.500 bits per heavy atom. The summed E-state index contributed by atoms with van der Waals surface area (Å²) in [6.07, 6.45) is 38.0. The van der Waals surface area contributed by atoms with Gasteiger partial charge in [0.05, 0.1) is 13.2 Å². The Balaban J connectivity index is 2.27. The van der Waals surface area contributed by atoms with Gasteiger partial charge in [-0.05, 0) is 25.7 Å². The van der Waals surface area contributed by atoms with Gasteiger partial charge in [0.1, 0.15) is 31.0 Å². The van der Waals surface area contributed by atoms with E-state index in [1.807, 2.05) is 6.08 Å². The van der Waals surface area contributed by atoms with Gasteiger partial charge >= 0.3 is 11.9 Å². The molecule has 2 unspecified atom stereocenters. The van der Waals surface area contributed by atoms with Gasteiger partial charge in [-0.3, -0.25) is 9.59 Å². The fourth-order valence-electron chi connectivity index (χ4n) is 7.91. The molecule has 0 amide bonds. The molecule has 10 heteroatoms.